The highest BCUT2D eigenvalue weighted by Gasteiger charge is 2.20. The number of H-pyrrole nitrogens is 1. The highest BCUT2D eigenvalue weighted by atomic mass is 19.1. The second-order valence-electron chi connectivity index (χ2n) is 7.06. The maximum absolute atomic E-state index is 14.6. The van der Waals surface area contributed by atoms with Gasteiger partial charge in [-0.1, -0.05) is 0 Å². The van der Waals surface area contributed by atoms with E-state index in [1.165, 1.54) is 6.20 Å². The van der Waals surface area contributed by atoms with Gasteiger partial charge in [-0.3, -0.25) is 4.40 Å². The Bertz CT molecular complexity index is 1150. The van der Waals surface area contributed by atoms with Crippen molar-refractivity contribution >= 4 is 11.5 Å². The highest BCUT2D eigenvalue weighted by Crippen LogP contribution is 2.27. The average molecular weight is 395 g/mol. The van der Waals surface area contributed by atoms with E-state index < -0.39 is 11.6 Å². The van der Waals surface area contributed by atoms with Crippen molar-refractivity contribution in [2.24, 2.45) is 0 Å². The number of nitrogens with zero attached hydrogens (tertiary/aromatic N) is 4. The van der Waals surface area contributed by atoms with Crippen LogP contribution in [0.15, 0.2) is 43.0 Å². The van der Waals surface area contributed by atoms with Crippen LogP contribution in [-0.2, 0) is 0 Å². The Labute approximate surface area is 165 Å². The second kappa shape index (κ2) is 7.25. The lowest BCUT2D eigenvalue weighted by Gasteiger charge is -2.24. The Hall–Kier alpha value is -3.33. The minimum atomic E-state index is -0.730. The van der Waals surface area contributed by atoms with E-state index in [-0.39, 0.29) is 17.6 Å². The van der Waals surface area contributed by atoms with Gasteiger partial charge < -0.3 is 15.6 Å². The predicted octanol–water partition coefficient (Wildman–Crippen LogP) is 3.23. The van der Waals surface area contributed by atoms with Crippen molar-refractivity contribution in [3.8, 4) is 22.8 Å². The van der Waals surface area contributed by atoms with E-state index in [9.17, 15) is 8.78 Å². The van der Waals surface area contributed by atoms with Crippen molar-refractivity contribution in [2.45, 2.75) is 18.9 Å². The first-order chi connectivity index (χ1) is 14.2. The molecule has 9 heteroatoms. The van der Waals surface area contributed by atoms with E-state index in [0.717, 1.165) is 43.4 Å². The molecule has 1 saturated heterocycles. The van der Waals surface area contributed by atoms with Crippen LogP contribution in [0.3, 0.4) is 0 Å². The topological polar surface area (TPSA) is 82.9 Å². The lowest BCUT2D eigenvalue weighted by molar-refractivity contribution is 0.475. The maximum Gasteiger partial charge on any atom is 0.168 e. The standard InChI is InChI=1S/C20H19F2N7/c21-14-9-15(22)20(27-13-2-1-4-23-10-13)28-18(14)16-11-26-17-8-12(3-7-29(16)17)19-24-5-6-25-19/h3,5-9,11,13,23H,1-2,4,10H2,(H,24,25)(H,27,28)/t13-/m0/s1. The zero-order chi connectivity index (χ0) is 19.8. The molecule has 0 spiro atoms. The summed E-state index contributed by atoms with van der Waals surface area (Å²) in [5.74, 6) is -0.662. The maximum atomic E-state index is 14.6. The van der Waals surface area contributed by atoms with Crippen molar-refractivity contribution in [1.29, 1.82) is 0 Å². The monoisotopic (exact) mass is 395 g/mol. The molecule has 1 aliphatic heterocycles. The zero-order valence-electron chi connectivity index (χ0n) is 15.5. The van der Waals surface area contributed by atoms with Crippen LogP contribution in [-0.4, -0.2) is 43.5 Å². The first-order valence-electron chi connectivity index (χ1n) is 9.49. The van der Waals surface area contributed by atoms with Crippen LogP contribution in [0.2, 0.25) is 0 Å². The summed E-state index contributed by atoms with van der Waals surface area (Å²) in [5, 5.41) is 6.36. The number of hydrogen-bond acceptors (Lipinski definition) is 5. The molecule has 1 atom stereocenters. The Morgan fingerprint density at radius 3 is 2.90 bits per heavy atom. The summed E-state index contributed by atoms with van der Waals surface area (Å²) in [6.07, 6.45) is 8.63. The van der Waals surface area contributed by atoms with Gasteiger partial charge in [0.25, 0.3) is 0 Å². The number of aromatic amines is 1. The zero-order valence-corrected chi connectivity index (χ0v) is 15.5. The summed E-state index contributed by atoms with van der Waals surface area (Å²) >= 11 is 0. The van der Waals surface area contributed by atoms with Crippen LogP contribution in [0.1, 0.15) is 12.8 Å². The van der Waals surface area contributed by atoms with Gasteiger partial charge in [0.05, 0.1) is 11.9 Å². The average Bonchev–Trinajstić information content (AvgIpc) is 3.40. The fourth-order valence-corrected chi connectivity index (χ4v) is 3.64. The van der Waals surface area contributed by atoms with Crippen LogP contribution in [0.5, 0.6) is 0 Å². The van der Waals surface area contributed by atoms with Gasteiger partial charge >= 0.3 is 0 Å². The Morgan fingerprint density at radius 2 is 2.10 bits per heavy atom. The van der Waals surface area contributed by atoms with E-state index in [1.807, 2.05) is 12.1 Å². The molecule has 4 aromatic heterocycles. The number of piperidine rings is 1. The van der Waals surface area contributed by atoms with Crippen molar-refractivity contribution in [3.05, 3.63) is 54.6 Å². The number of imidazole rings is 2. The van der Waals surface area contributed by atoms with E-state index in [2.05, 4.69) is 30.6 Å². The number of pyridine rings is 2. The first-order valence-corrected chi connectivity index (χ1v) is 9.49. The molecular formula is C20H19F2N7. The van der Waals surface area contributed by atoms with Gasteiger partial charge in [-0.25, -0.2) is 23.7 Å². The third-order valence-corrected chi connectivity index (χ3v) is 5.09. The third kappa shape index (κ3) is 3.33. The van der Waals surface area contributed by atoms with E-state index in [4.69, 9.17) is 0 Å². The third-order valence-electron chi connectivity index (χ3n) is 5.09. The summed E-state index contributed by atoms with van der Waals surface area (Å²) in [7, 11) is 0. The van der Waals surface area contributed by atoms with Crippen molar-refractivity contribution < 1.29 is 8.78 Å². The van der Waals surface area contributed by atoms with E-state index in [1.54, 1.807) is 23.0 Å². The summed E-state index contributed by atoms with van der Waals surface area (Å²) < 4.78 is 30.7. The number of aromatic nitrogens is 5. The summed E-state index contributed by atoms with van der Waals surface area (Å²) in [6.45, 7) is 1.67. The molecule has 0 aliphatic carbocycles. The molecule has 0 radical (unpaired) electrons. The molecule has 148 valence electrons. The fraction of sp³-hybridized carbons (Fsp3) is 0.250. The van der Waals surface area contributed by atoms with Crippen molar-refractivity contribution in [3.63, 3.8) is 0 Å². The van der Waals surface area contributed by atoms with Crippen LogP contribution >= 0.6 is 0 Å². The normalized spacial score (nSPS) is 17.0. The molecule has 0 aromatic carbocycles. The predicted molar refractivity (Wildman–Crippen MR) is 105 cm³/mol. The van der Waals surface area contributed by atoms with Gasteiger partial charge in [-0.2, -0.15) is 0 Å². The van der Waals surface area contributed by atoms with E-state index >= 15 is 0 Å². The molecule has 1 aliphatic rings. The van der Waals surface area contributed by atoms with E-state index in [0.29, 0.717) is 11.3 Å². The van der Waals surface area contributed by atoms with Crippen LogP contribution in [0.25, 0.3) is 28.4 Å². The number of halogens is 2. The van der Waals surface area contributed by atoms with Gasteiger partial charge in [0.2, 0.25) is 0 Å². The summed E-state index contributed by atoms with van der Waals surface area (Å²) in [4.78, 5) is 15.9. The minimum absolute atomic E-state index is 0.0518. The Balaban J connectivity index is 1.52. The quantitative estimate of drug-likeness (QED) is 0.494. The molecule has 0 bridgehead atoms. The SMILES string of the molecule is Fc1cc(F)c(-c2cnc3cc(-c4ncc[nH]4)ccn23)nc1N[C@H]1CCCNC1. The molecule has 1 fully saturated rings. The number of nitrogens with one attached hydrogen (secondary N) is 3. The molecule has 5 heterocycles. The highest BCUT2D eigenvalue weighted by molar-refractivity contribution is 5.67. The molecule has 5 rings (SSSR count). The second-order valence-corrected chi connectivity index (χ2v) is 7.06. The number of rotatable bonds is 4. The molecule has 4 aromatic rings. The molecular weight excluding hydrogens is 376 g/mol. The minimum Gasteiger partial charge on any atom is -0.364 e. The van der Waals surface area contributed by atoms with Crippen LogP contribution in [0, 0.1) is 11.6 Å². The molecule has 0 unspecified atom stereocenters. The van der Waals surface area contributed by atoms with Crippen molar-refractivity contribution in [1.82, 2.24) is 29.7 Å². The fourth-order valence-electron chi connectivity index (χ4n) is 3.64. The van der Waals surface area contributed by atoms with Gasteiger partial charge in [-0.15, -0.1) is 0 Å². The summed E-state index contributed by atoms with van der Waals surface area (Å²) in [5.41, 5.74) is 1.98. The number of hydrogen-bond donors (Lipinski definition) is 3. The largest absolute Gasteiger partial charge is 0.364 e. The molecule has 3 N–H and O–H groups in total. The number of fused-ring (bicyclic) bond motifs is 1. The molecule has 0 amide bonds. The van der Waals surface area contributed by atoms with Gasteiger partial charge in [0.1, 0.15) is 17.2 Å². The van der Waals surface area contributed by atoms with Gasteiger partial charge in [-0.05, 0) is 31.5 Å². The summed E-state index contributed by atoms with van der Waals surface area (Å²) in [6, 6.07) is 4.63. The molecule has 0 saturated carbocycles. The van der Waals surface area contributed by atoms with Gasteiger partial charge in [0, 0.05) is 42.8 Å². The first kappa shape index (κ1) is 17.7. The van der Waals surface area contributed by atoms with Crippen LogP contribution in [0.4, 0.5) is 14.6 Å². The smallest absolute Gasteiger partial charge is 0.168 e. The molecule has 29 heavy (non-hydrogen) atoms. The number of anilines is 1. The van der Waals surface area contributed by atoms with Crippen molar-refractivity contribution in [2.75, 3.05) is 18.4 Å². The lowest BCUT2D eigenvalue weighted by atomic mass is 10.1. The van der Waals surface area contributed by atoms with Gasteiger partial charge in [0.15, 0.2) is 17.5 Å². The molecule has 7 nitrogen and oxygen atoms in total. The Kier molecular flexibility index (Phi) is 4.44. The lowest BCUT2D eigenvalue weighted by Crippen LogP contribution is -2.38. The van der Waals surface area contributed by atoms with Crippen LogP contribution < -0.4 is 10.6 Å². The Morgan fingerprint density at radius 1 is 1.17 bits per heavy atom.